The van der Waals surface area contributed by atoms with Gasteiger partial charge in [-0.25, -0.2) is 0 Å². The molecule has 0 bridgehead atoms. The van der Waals surface area contributed by atoms with Crippen molar-refractivity contribution in [1.29, 1.82) is 0 Å². The smallest absolute Gasteiger partial charge is 0.103 e. The van der Waals surface area contributed by atoms with Crippen LogP contribution in [0.15, 0.2) is 45.8 Å². The summed E-state index contributed by atoms with van der Waals surface area (Å²) in [5, 5.41) is 3.32. The van der Waals surface area contributed by atoms with Gasteiger partial charge in [0.15, 0.2) is 0 Å². The second-order valence-corrected chi connectivity index (χ2v) is 3.94. The zero-order valence-electron chi connectivity index (χ0n) is 9.48. The van der Waals surface area contributed by atoms with E-state index in [1.54, 1.807) is 18.8 Å². The van der Waals surface area contributed by atoms with Crippen LogP contribution in [0.1, 0.15) is 17.7 Å². The Morgan fingerprint density at radius 2 is 2.25 bits per heavy atom. The highest BCUT2D eigenvalue weighted by atomic mass is 16.3. The van der Waals surface area contributed by atoms with Crippen molar-refractivity contribution < 1.29 is 8.83 Å². The first-order valence-corrected chi connectivity index (χ1v) is 5.59. The first-order valence-electron chi connectivity index (χ1n) is 5.59. The van der Waals surface area contributed by atoms with Crippen LogP contribution in [0.3, 0.4) is 0 Å². The van der Waals surface area contributed by atoms with Crippen LogP contribution in [-0.4, -0.2) is 13.1 Å². The van der Waals surface area contributed by atoms with Crippen molar-refractivity contribution >= 4 is 0 Å². The minimum Gasteiger partial charge on any atom is -0.472 e. The summed E-state index contributed by atoms with van der Waals surface area (Å²) in [6.45, 7) is 0. The van der Waals surface area contributed by atoms with Gasteiger partial charge in [0, 0.05) is 12.5 Å². The molecule has 1 N–H and O–H groups in total. The van der Waals surface area contributed by atoms with Gasteiger partial charge >= 0.3 is 0 Å². The molecule has 2 aromatic rings. The molecule has 0 aromatic carbocycles. The lowest BCUT2D eigenvalue weighted by molar-refractivity contribution is 0.459. The second-order valence-electron chi connectivity index (χ2n) is 3.94. The fraction of sp³-hybridized carbons (Fsp3) is 0.385. The van der Waals surface area contributed by atoms with E-state index < -0.39 is 0 Å². The third-order valence-corrected chi connectivity index (χ3v) is 2.79. The van der Waals surface area contributed by atoms with Crippen LogP contribution in [0.4, 0.5) is 0 Å². The van der Waals surface area contributed by atoms with Crippen molar-refractivity contribution in [3.63, 3.8) is 0 Å². The van der Waals surface area contributed by atoms with E-state index >= 15 is 0 Å². The van der Waals surface area contributed by atoms with Crippen molar-refractivity contribution in [2.75, 3.05) is 7.05 Å². The van der Waals surface area contributed by atoms with Crippen LogP contribution in [0, 0.1) is 0 Å². The highest BCUT2D eigenvalue weighted by Crippen LogP contribution is 2.10. The SMILES string of the molecule is CNC(CCc1ccco1)Cc1ccoc1. The van der Waals surface area contributed by atoms with Crippen molar-refractivity contribution in [3.8, 4) is 0 Å². The van der Waals surface area contributed by atoms with E-state index in [2.05, 4.69) is 5.32 Å². The zero-order valence-corrected chi connectivity index (χ0v) is 9.48. The molecule has 86 valence electrons. The monoisotopic (exact) mass is 219 g/mol. The van der Waals surface area contributed by atoms with E-state index in [1.807, 2.05) is 25.2 Å². The standard InChI is InChI=1S/C13H17NO2/c1-14-12(9-11-6-8-15-10-11)4-5-13-3-2-7-16-13/h2-3,6-8,10,12,14H,4-5,9H2,1H3. The summed E-state index contributed by atoms with van der Waals surface area (Å²) in [5.41, 5.74) is 1.23. The van der Waals surface area contributed by atoms with Gasteiger partial charge in [-0.3, -0.25) is 0 Å². The molecule has 2 rings (SSSR count). The number of furan rings is 2. The number of hydrogen-bond donors (Lipinski definition) is 1. The van der Waals surface area contributed by atoms with Gasteiger partial charge in [0.05, 0.1) is 18.8 Å². The summed E-state index contributed by atoms with van der Waals surface area (Å²) in [6, 6.07) is 6.42. The Bertz CT molecular complexity index is 378. The van der Waals surface area contributed by atoms with Gasteiger partial charge in [-0.1, -0.05) is 0 Å². The van der Waals surface area contributed by atoms with Gasteiger partial charge in [0.1, 0.15) is 5.76 Å². The maximum Gasteiger partial charge on any atom is 0.103 e. The van der Waals surface area contributed by atoms with Crippen molar-refractivity contribution in [3.05, 3.63) is 48.3 Å². The van der Waals surface area contributed by atoms with Gasteiger partial charge < -0.3 is 14.2 Å². The van der Waals surface area contributed by atoms with Crippen molar-refractivity contribution in [2.24, 2.45) is 0 Å². The number of rotatable bonds is 6. The molecule has 0 aliphatic carbocycles. The summed E-state index contributed by atoms with van der Waals surface area (Å²) in [7, 11) is 1.99. The summed E-state index contributed by atoms with van der Waals surface area (Å²) in [5.74, 6) is 1.05. The Morgan fingerprint density at radius 1 is 1.31 bits per heavy atom. The molecule has 2 heterocycles. The first kappa shape index (κ1) is 11.0. The van der Waals surface area contributed by atoms with Crippen LogP contribution < -0.4 is 5.32 Å². The third-order valence-electron chi connectivity index (χ3n) is 2.79. The van der Waals surface area contributed by atoms with Crippen LogP contribution in [-0.2, 0) is 12.8 Å². The molecule has 0 spiro atoms. The van der Waals surface area contributed by atoms with Crippen molar-refractivity contribution in [1.82, 2.24) is 5.32 Å². The Kier molecular flexibility index (Phi) is 3.83. The maximum atomic E-state index is 5.32. The molecular formula is C13H17NO2. The van der Waals surface area contributed by atoms with Crippen LogP contribution in [0.25, 0.3) is 0 Å². The fourth-order valence-electron chi connectivity index (χ4n) is 1.81. The van der Waals surface area contributed by atoms with Crippen LogP contribution >= 0.6 is 0 Å². The third kappa shape index (κ3) is 3.00. The molecule has 0 aliphatic rings. The molecule has 2 aromatic heterocycles. The van der Waals surface area contributed by atoms with E-state index in [9.17, 15) is 0 Å². The number of likely N-dealkylation sites (N-methyl/N-ethyl adjacent to an activating group) is 1. The highest BCUT2D eigenvalue weighted by molar-refractivity contribution is 5.07. The number of hydrogen-bond acceptors (Lipinski definition) is 3. The summed E-state index contributed by atoms with van der Waals surface area (Å²) in [6.07, 6.45) is 8.27. The van der Waals surface area contributed by atoms with Crippen LogP contribution in [0.5, 0.6) is 0 Å². The molecule has 0 fully saturated rings. The number of aryl methyl sites for hydroxylation is 1. The molecule has 0 aliphatic heterocycles. The zero-order chi connectivity index (χ0) is 11.2. The predicted octanol–water partition coefficient (Wildman–Crippen LogP) is 2.64. The Balaban J connectivity index is 1.81. The molecule has 1 atom stereocenters. The fourth-order valence-corrected chi connectivity index (χ4v) is 1.81. The van der Waals surface area contributed by atoms with E-state index in [0.29, 0.717) is 6.04 Å². The summed E-state index contributed by atoms with van der Waals surface area (Å²) < 4.78 is 10.4. The minimum absolute atomic E-state index is 0.461. The Labute approximate surface area is 95.5 Å². The molecule has 16 heavy (non-hydrogen) atoms. The second kappa shape index (κ2) is 5.56. The van der Waals surface area contributed by atoms with Gasteiger partial charge in [0.2, 0.25) is 0 Å². The van der Waals surface area contributed by atoms with E-state index in [0.717, 1.165) is 25.0 Å². The lowest BCUT2D eigenvalue weighted by atomic mass is 10.0. The quantitative estimate of drug-likeness (QED) is 0.811. The topological polar surface area (TPSA) is 38.3 Å². The summed E-state index contributed by atoms with van der Waals surface area (Å²) >= 11 is 0. The van der Waals surface area contributed by atoms with Gasteiger partial charge in [-0.2, -0.15) is 0 Å². The lowest BCUT2D eigenvalue weighted by Gasteiger charge is -2.14. The largest absolute Gasteiger partial charge is 0.472 e. The molecule has 3 heteroatoms. The molecule has 0 radical (unpaired) electrons. The Morgan fingerprint density at radius 3 is 2.88 bits per heavy atom. The van der Waals surface area contributed by atoms with E-state index in [4.69, 9.17) is 8.83 Å². The molecule has 0 saturated heterocycles. The Hall–Kier alpha value is -1.48. The number of nitrogens with one attached hydrogen (secondary N) is 1. The van der Waals surface area contributed by atoms with Gasteiger partial charge in [0.25, 0.3) is 0 Å². The van der Waals surface area contributed by atoms with Crippen LogP contribution in [0.2, 0.25) is 0 Å². The van der Waals surface area contributed by atoms with Gasteiger partial charge in [-0.15, -0.1) is 0 Å². The maximum absolute atomic E-state index is 5.32. The predicted molar refractivity (Wildman–Crippen MR) is 62.3 cm³/mol. The molecule has 3 nitrogen and oxygen atoms in total. The average molecular weight is 219 g/mol. The minimum atomic E-state index is 0.461. The summed E-state index contributed by atoms with van der Waals surface area (Å²) in [4.78, 5) is 0. The van der Waals surface area contributed by atoms with E-state index in [-0.39, 0.29) is 0 Å². The van der Waals surface area contributed by atoms with Gasteiger partial charge in [-0.05, 0) is 43.7 Å². The lowest BCUT2D eigenvalue weighted by Crippen LogP contribution is -2.27. The molecule has 0 saturated carbocycles. The van der Waals surface area contributed by atoms with E-state index in [1.165, 1.54) is 5.56 Å². The highest BCUT2D eigenvalue weighted by Gasteiger charge is 2.09. The normalized spacial score (nSPS) is 12.8. The molecular weight excluding hydrogens is 202 g/mol. The average Bonchev–Trinajstić information content (AvgIpc) is 2.97. The molecule has 1 unspecified atom stereocenters. The first-order chi connectivity index (χ1) is 7.88. The molecule has 0 amide bonds. The van der Waals surface area contributed by atoms with Crippen molar-refractivity contribution in [2.45, 2.75) is 25.3 Å².